The molecule has 0 aliphatic heterocycles. The summed E-state index contributed by atoms with van der Waals surface area (Å²) >= 11 is 0. The molecule has 4 aromatic rings. The standard InChI is InChI=1S/C21H17F3N6/c22-21(23,24)20-19(27-29-28-20)14-7-8-25-17(9-14)18-11-30(12-26-18)10-15-6-5-13-3-1-2-4-16(13)15/h1-4,7-9,11-12,15H,5-6,10H2,(H,27,28,29)/t15-/m0/s1. The number of pyridine rings is 1. The topological polar surface area (TPSA) is 72.3 Å². The molecular weight excluding hydrogens is 393 g/mol. The van der Waals surface area contributed by atoms with Crippen molar-refractivity contribution in [3.8, 4) is 22.6 Å². The molecule has 0 fully saturated rings. The Morgan fingerprint density at radius 1 is 1.07 bits per heavy atom. The number of nitrogens with one attached hydrogen (secondary N) is 1. The first kappa shape index (κ1) is 18.5. The Kier molecular flexibility index (Phi) is 4.38. The van der Waals surface area contributed by atoms with Crippen LogP contribution in [0.25, 0.3) is 22.6 Å². The second-order valence-electron chi connectivity index (χ2n) is 7.34. The summed E-state index contributed by atoms with van der Waals surface area (Å²) in [6.07, 6.45) is 2.64. The molecule has 0 unspecified atom stereocenters. The van der Waals surface area contributed by atoms with Gasteiger partial charge in [-0.25, -0.2) is 4.98 Å². The third-order valence-corrected chi connectivity index (χ3v) is 5.43. The van der Waals surface area contributed by atoms with Gasteiger partial charge in [0.25, 0.3) is 0 Å². The van der Waals surface area contributed by atoms with E-state index in [4.69, 9.17) is 0 Å². The van der Waals surface area contributed by atoms with Crippen LogP contribution in [0.1, 0.15) is 29.2 Å². The lowest BCUT2D eigenvalue weighted by atomic mass is 10.0. The molecule has 0 amide bonds. The van der Waals surface area contributed by atoms with Crippen molar-refractivity contribution in [2.45, 2.75) is 31.5 Å². The molecule has 6 nitrogen and oxygen atoms in total. The van der Waals surface area contributed by atoms with Gasteiger partial charge in [0, 0.05) is 30.4 Å². The first-order valence-electron chi connectivity index (χ1n) is 9.53. The number of alkyl halides is 3. The Bertz CT molecular complexity index is 1190. The van der Waals surface area contributed by atoms with Crippen LogP contribution in [0.4, 0.5) is 13.2 Å². The molecule has 1 N–H and O–H groups in total. The van der Waals surface area contributed by atoms with Gasteiger partial charge in [0.1, 0.15) is 11.4 Å². The first-order chi connectivity index (χ1) is 14.5. The van der Waals surface area contributed by atoms with Crippen LogP contribution in [0.5, 0.6) is 0 Å². The highest BCUT2D eigenvalue weighted by Gasteiger charge is 2.38. The molecule has 0 saturated heterocycles. The SMILES string of the molecule is FC(F)(F)c1n[nH]nc1-c1ccnc(-c2cn(C[C@@H]3CCc4ccccc43)cn2)c1. The molecule has 0 radical (unpaired) electrons. The number of benzene rings is 1. The molecule has 1 atom stereocenters. The first-order valence-corrected chi connectivity index (χ1v) is 9.53. The smallest absolute Gasteiger partial charge is 0.336 e. The molecule has 3 heterocycles. The second kappa shape index (κ2) is 7.08. The molecule has 30 heavy (non-hydrogen) atoms. The van der Waals surface area contributed by atoms with Crippen LogP contribution >= 0.6 is 0 Å². The summed E-state index contributed by atoms with van der Waals surface area (Å²) in [7, 11) is 0. The highest BCUT2D eigenvalue weighted by molar-refractivity contribution is 5.67. The summed E-state index contributed by atoms with van der Waals surface area (Å²) in [5.41, 5.74) is 2.82. The maximum absolute atomic E-state index is 13.1. The summed E-state index contributed by atoms with van der Waals surface area (Å²) in [6.45, 7) is 0.797. The average molecular weight is 410 g/mol. The normalized spacial score (nSPS) is 16.0. The fourth-order valence-electron chi connectivity index (χ4n) is 4.03. The number of hydrogen-bond acceptors (Lipinski definition) is 4. The molecule has 5 rings (SSSR count). The number of nitrogens with zero attached hydrogens (tertiary/aromatic N) is 5. The van der Waals surface area contributed by atoms with Crippen molar-refractivity contribution in [3.63, 3.8) is 0 Å². The monoisotopic (exact) mass is 410 g/mol. The second-order valence-corrected chi connectivity index (χ2v) is 7.34. The van der Waals surface area contributed by atoms with E-state index in [0.29, 0.717) is 17.3 Å². The summed E-state index contributed by atoms with van der Waals surface area (Å²) in [5.74, 6) is 0.423. The molecule has 0 spiro atoms. The van der Waals surface area contributed by atoms with Crippen LogP contribution in [0.2, 0.25) is 0 Å². The number of rotatable bonds is 4. The van der Waals surface area contributed by atoms with Crippen molar-refractivity contribution in [1.82, 2.24) is 29.9 Å². The van der Waals surface area contributed by atoms with Crippen LogP contribution in [-0.4, -0.2) is 29.9 Å². The summed E-state index contributed by atoms with van der Waals surface area (Å²) < 4.78 is 41.4. The number of H-pyrrole nitrogens is 1. The van der Waals surface area contributed by atoms with E-state index < -0.39 is 11.9 Å². The number of aromatic nitrogens is 6. The number of aromatic amines is 1. The van der Waals surface area contributed by atoms with Crippen molar-refractivity contribution in [1.29, 1.82) is 0 Å². The zero-order valence-electron chi connectivity index (χ0n) is 15.8. The van der Waals surface area contributed by atoms with Crippen LogP contribution in [0, 0.1) is 0 Å². The third-order valence-electron chi connectivity index (χ3n) is 5.43. The van der Waals surface area contributed by atoms with Gasteiger partial charge in [-0.15, -0.1) is 0 Å². The number of aryl methyl sites for hydroxylation is 1. The van der Waals surface area contributed by atoms with Gasteiger partial charge in [0.05, 0.1) is 12.0 Å². The van der Waals surface area contributed by atoms with Gasteiger partial charge in [0.15, 0.2) is 5.69 Å². The fourth-order valence-corrected chi connectivity index (χ4v) is 4.03. The quantitative estimate of drug-likeness (QED) is 0.539. The largest absolute Gasteiger partial charge is 0.437 e. The molecule has 1 aromatic carbocycles. The Morgan fingerprint density at radius 2 is 1.93 bits per heavy atom. The molecule has 1 aliphatic rings. The van der Waals surface area contributed by atoms with Crippen LogP contribution in [-0.2, 0) is 19.1 Å². The average Bonchev–Trinajstić information content (AvgIpc) is 3.48. The van der Waals surface area contributed by atoms with E-state index in [-0.39, 0.29) is 11.3 Å². The maximum Gasteiger partial charge on any atom is 0.437 e. The van der Waals surface area contributed by atoms with E-state index in [1.165, 1.54) is 23.4 Å². The van der Waals surface area contributed by atoms with Gasteiger partial charge in [-0.2, -0.15) is 28.6 Å². The van der Waals surface area contributed by atoms with Gasteiger partial charge in [0.2, 0.25) is 0 Å². The van der Waals surface area contributed by atoms with Crippen molar-refractivity contribution in [3.05, 3.63) is 71.9 Å². The van der Waals surface area contributed by atoms with E-state index in [2.05, 4.69) is 49.6 Å². The molecule has 0 bridgehead atoms. The van der Waals surface area contributed by atoms with Crippen LogP contribution in [0.3, 0.4) is 0 Å². The lowest BCUT2D eigenvalue weighted by Gasteiger charge is -2.11. The van der Waals surface area contributed by atoms with Crippen molar-refractivity contribution >= 4 is 0 Å². The molecule has 0 saturated carbocycles. The highest BCUT2D eigenvalue weighted by Crippen LogP contribution is 2.36. The predicted octanol–water partition coefficient (Wildman–Crippen LogP) is 4.48. The van der Waals surface area contributed by atoms with Crippen molar-refractivity contribution in [2.24, 2.45) is 0 Å². The fraction of sp³-hybridized carbons (Fsp3) is 0.238. The van der Waals surface area contributed by atoms with Gasteiger partial charge < -0.3 is 4.57 Å². The molecule has 3 aromatic heterocycles. The van der Waals surface area contributed by atoms with Gasteiger partial charge >= 0.3 is 6.18 Å². The number of halogens is 3. The Morgan fingerprint density at radius 3 is 2.80 bits per heavy atom. The predicted molar refractivity (Wildman–Crippen MR) is 103 cm³/mol. The van der Waals surface area contributed by atoms with Gasteiger partial charge in [-0.3, -0.25) is 4.98 Å². The van der Waals surface area contributed by atoms with E-state index in [0.717, 1.165) is 19.4 Å². The Balaban J connectivity index is 1.40. The van der Waals surface area contributed by atoms with Crippen LogP contribution in [0.15, 0.2) is 55.1 Å². The lowest BCUT2D eigenvalue weighted by Crippen LogP contribution is -2.07. The van der Waals surface area contributed by atoms with Gasteiger partial charge in [-0.1, -0.05) is 24.3 Å². The van der Waals surface area contributed by atoms with Crippen molar-refractivity contribution in [2.75, 3.05) is 0 Å². The highest BCUT2D eigenvalue weighted by atomic mass is 19.4. The zero-order chi connectivity index (χ0) is 20.7. The summed E-state index contributed by atoms with van der Waals surface area (Å²) in [5, 5.41) is 8.97. The van der Waals surface area contributed by atoms with Crippen LogP contribution < -0.4 is 0 Å². The van der Waals surface area contributed by atoms with Crippen molar-refractivity contribution < 1.29 is 13.2 Å². The Hall–Kier alpha value is -3.49. The van der Waals surface area contributed by atoms with E-state index >= 15 is 0 Å². The number of fused-ring (bicyclic) bond motifs is 1. The van der Waals surface area contributed by atoms with Gasteiger partial charge in [-0.05, 0) is 36.1 Å². The molecular formula is C21H17F3N6. The molecule has 1 aliphatic carbocycles. The zero-order valence-corrected chi connectivity index (χ0v) is 15.8. The van der Waals surface area contributed by atoms with E-state index in [9.17, 15) is 13.2 Å². The number of hydrogen-bond donors (Lipinski definition) is 1. The van der Waals surface area contributed by atoms with E-state index in [1.54, 1.807) is 12.4 Å². The summed E-state index contributed by atoms with van der Waals surface area (Å²) in [4.78, 5) is 8.69. The van der Waals surface area contributed by atoms with E-state index in [1.807, 2.05) is 10.8 Å². The minimum absolute atomic E-state index is 0.256. The molecule has 152 valence electrons. The third kappa shape index (κ3) is 3.36. The minimum atomic E-state index is -4.59. The Labute approximate surface area is 169 Å². The maximum atomic E-state index is 13.1. The molecule has 9 heteroatoms. The summed E-state index contributed by atoms with van der Waals surface area (Å²) in [6, 6.07) is 11.5. The lowest BCUT2D eigenvalue weighted by molar-refractivity contribution is -0.140. The number of imidazole rings is 1. The minimum Gasteiger partial charge on any atom is -0.336 e.